The largest absolute Gasteiger partial charge is 0.394 e. The summed E-state index contributed by atoms with van der Waals surface area (Å²) in [5.41, 5.74) is 0. The van der Waals surface area contributed by atoms with E-state index in [1.54, 1.807) is 0 Å². The molecule has 6 nitrogen and oxygen atoms in total. The number of hydrogen-bond donors (Lipinski definition) is 3. The van der Waals surface area contributed by atoms with Crippen molar-refractivity contribution in [3.05, 3.63) is 0 Å². The smallest absolute Gasteiger partial charge is 0.184 e. The standard InChI is InChI=1S/C9H16O6/c1-9(2)14-6-5(11)4(3-10)13-8(12)7(6)15-9/h4-8,10-12H,3H2,1-2H3/t4-,5-,6+,7+,8?/m1/s1/i3D2,5D,6D,7D,8D. The predicted molar refractivity (Wildman–Crippen MR) is 47.8 cm³/mol. The van der Waals surface area contributed by atoms with E-state index in [0.717, 1.165) is 0 Å². The summed E-state index contributed by atoms with van der Waals surface area (Å²) < 4.78 is 60.1. The van der Waals surface area contributed by atoms with E-state index in [-0.39, 0.29) is 0 Å². The second-order valence-corrected chi connectivity index (χ2v) is 3.58. The molecule has 3 N–H and O–H groups in total. The third-order valence-corrected chi connectivity index (χ3v) is 1.92. The van der Waals surface area contributed by atoms with Crippen molar-refractivity contribution in [3.63, 3.8) is 0 Å². The van der Waals surface area contributed by atoms with Gasteiger partial charge in [-0.25, -0.2) is 0 Å². The minimum absolute atomic E-state index is 1.21. The van der Waals surface area contributed by atoms with Crippen LogP contribution in [-0.4, -0.2) is 58.3 Å². The highest BCUT2D eigenvalue weighted by molar-refractivity contribution is 4.95. The minimum Gasteiger partial charge on any atom is -0.394 e. The van der Waals surface area contributed by atoms with E-state index < -0.39 is 43.0 Å². The average Bonchev–Trinajstić information content (AvgIpc) is 2.40. The van der Waals surface area contributed by atoms with Crippen LogP contribution in [0.25, 0.3) is 0 Å². The first-order chi connectivity index (χ1) is 9.00. The lowest BCUT2D eigenvalue weighted by Crippen LogP contribution is -2.57. The Balaban J connectivity index is 2.65. The SMILES string of the molecule is [2H]C([2H])(O)[C@H]1OC([2H])(O)[C@@]2([2H])OC(C)(C)O[C@@]2([2H])[C@]1([2H])O. The van der Waals surface area contributed by atoms with Gasteiger partial charge in [-0.05, 0) is 13.8 Å². The highest BCUT2D eigenvalue weighted by Gasteiger charge is 2.54. The lowest BCUT2D eigenvalue weighted by molar-refractivity contribution is -0.262. The zero-order valence-corrected chi connectivity index (χ0v) is 8.14. The summed E-state index contributed by atoms with van der Waals surface area (Å²) in [5.74, 6) is -1.74. The van der Waals surface area contributed by atoms with Crippen LogP contribution in [0.15, 0.2) is 0 Å². The Hall–Kier alpha value is -0.240. The van der Waals surface area contributed by atoms with E-state index in [1.807, 2.05) is 0 Å². The van der Waals surface area contributed by atoms with Crippen LogP contribution < -0.4 is 0 Å². The van der Waals surface area contributed by atoms with Gasteiger partial charge in [0.1, 0.15) is 24.3 Å². The van der Waals surface area contributed by atoms with Crippen LogP contribution in [0.2, 0.25) is 0 Å². The van der Waals surface area contributed by atoms with Crippen LogP contribution in [0.4, 0.5) is 0 Å². The van der Waals surface area contributed by atoms with Crippen molar-refractivity contribution < 1.29 is 37.8 Å². The van der Waals surface area contributed by atoms with Crippen LogP contribution in [0.1, 0.15) is 22.1 Å². The molecule has 0 saturated carbocycles. The molecule has 88 valence electrons. The summed E-state index contributed by atoms with van der Waals surface area (Å²) in [4.78, 5) is 0. The quantitative estimate of drug-likeness (QED) is 0.508. The molecule has 0 radical (unpaired) electrons. The summed E-state index contributed by atoms with van der Waals surface area (Å²) in [5, 5.41) is 29.4. The molecule has 0 amide bonds. The highest BCUT2D eigenvalue weighted by atomic mass is 16.8. The average molecular weight is 226 g/mol. The van der Waals surface area contributed by atoms with Crippen molar-refractivity contribution >= 4 is 0 Å². The zero-order chi connectivity index (χ0) is 16.7. The first-order valence-electron chi connectivity index (χ1n) is 7.25. The molecular weight excluding hydrogens is 204 g/mol. The van der Waals surface area contributed by atoms with Gasteiger partial charge in [-0.1, -0.05) is 0 Å². The van der Waals surface area contributed by atoms with Gasteiger partial charge in [0.25, 0.3) is 0 Å². The van der Waals surface area contributed by atoms with Crippen LogP contribution in [0, 0.1) is 0 Å². The van der Waals surface area contributed by atoms with Gasteiger partial charge in [0.15, 0.2) is 12.1 Å². The van der Waals surface area contributed by atoms with Crippen molar-refractivity contribution in [1.29, 1.82) is 0 Å². The second-order valence-electron chi connectivity index (χ2n) is 3.58. The molecule has 0 aliphatic carbocycles. The monoisotopic (exact) mass is 226 g/mol. The van der Waals surface area contributed by atoms with Crippen molar-refractivity contribution in [2.24, 2.45) is 0 Å². The first-order valence-corrected chi connectivity index (χ1v) is 4.25. The maximum Gasteiger partial charge on any atom is 0.184 e. The highest BCUT2D eigenvalue weighted by Crippen LogP contribution is 2.36. The zero-order valence-electron chi connectivity index (χ0n) is 14.1. The summed E-state index contributed by atoms with van der Waals surface area (Å²) in [6.07, 6.45) is -15.5. The van der Waals surface area contributed by atoms with Gasteiger partial charge in [-0.3, -0.25) is 0 Å². The maximum absolute atomic E-state index is 10.2. The van der Waals surface area contributed by atoms with Gasteiger partial charge in [-0.15, -0.1) is 0 Å². The van der Waals surface area contributed by atoms with E-state index in [1.165, 1.54) is 13.8 Å². The molecule has 2 saturated heterocycles. The van der Waals surface area contributed by atoms with E-state index in [9.17, 15) is 15.3 Å². The molecule has 0 aromatic carbocycles. The Morgan fingerprint density at radius 3 is 2.53 bits per heavy atom. The maximum atomic E-state index is 10.2. The van der Waals surface area contributed by atoms with Gasteiger partial charge in [0.2, 0.25) is 0 Å². The molecule has 5 atom stereocenters. The van der Waals surface area contributed by atoms with E-state index in [4.69, 9.17) is 17.7 Å². The van der Waals surface area contributed by atoms with Gasteiger partial charge in [0, 0.05) is 0 Å². The van der Waals surface area contributed by atoms with Gasteiger partial charge >= 0.3 is 0 Å². The second kappa shape index (κ2) is 3.65. The first kappa shape index (κ1) is 5.90. The summed E-state index contributed by atoms with van der Waals surface area (Å²) in [6, 6.07) is 0. The summed E-state index contributed by atoms with van der Waals surface area (Å²) >= 11 is 0. The van der Waals surface area contributed by atoms with Crippen molar-refractivity contribution in [2.45, 2.75) is 50.2 Å². The van der Waals surface area contributed by atoms with Crippen LogP contribution in [0.3, 0.4) is 0 Å². The topological polar surface area (TPSA) is 88.4 Å². The van der Waals surface area contributed by atoms with Crippen molar-refractivity contribution in [1.82, 2.24) is 0 Å². The number of fused-ring (bicyclic) bond motifs is 1. The fraction of sp³-hybridized carbons (Fsp3) is 1.00. The van der Waals surface area contributed by atoms with Crippen LogP contribution in [-0.2, 0) is 14.2 Å². The summed E-state index contributed by atoms with van der Waals surface area (Å²) in [7, 11) is 0. The lowest BCUT2D eigenvalue weighted by atomic mass is 9.99. The van der Waals surface area contributed by atoms with E-state index in [0.29, 0.717) is 0 Å². The van der Waals surface area contributed by atoms with Gasteiger partial charge < -0.3 is 29.5 Å². The molecule has 2 rings (SSSR count). The minimum atomic E-state index is -3.39. The fourth-order valence-electron chi connectivity index (χ4n) is 1.34. The molecule has 2 aliphatic heterocycles. The Morgan fingerprint density at radius 1 is 1.33 bits per heavy atom. The number of hydrogen-bond acceptors (Lipinski definition) is 6. The molecule has 15 heavy (non-hydrogen) atoms. The van der Waals surface area contributed by atoms with E-state index >= 15 is 0 Å². The molecule has 6 heteroatoms. The molecule has 1 unspecified atom stereocenters. The molecule has 2 heterocycles. The molecule has 0 aromatic rings. The van der Waals surface area contributed by atoms with Crippen molar-refractivity contribution in [2.75, 3.05) is 6.56 Å². The van der Waals surface area contributed by atoms with Gasteiger partial charge in [0.05, 0.1) is 14.8 Å². The Morgan fingerprint density at radius 2 is 1.93 bits per heavy atom. The third kappa shape index (κ3) is 1.89. The summed E-state index contributed by atoms with van der Waals surface area (Å²) in [6.45, 7) is -0.962. The molecular formula is C9H16O6. The molecule has 2 aliphatic rings. The number of rotatable bonds is 1. The fourth-order valence-corrected chi connectivity index (χ4v) is 1.34. The Kier molecular flexibility index (Phi) is 1.44. The van der Waals surface area contributed by atoms with Gasteiger partial charge in [-0.2, -0.15) is 0 Å². The molecule has 0 aromatic heterocycles. The Bertz CT molecular complexity index is 464. The predicted octanol–water partition coefficient (Wildman–Crippen LogP) is -1.42. The number of ether oxygens (including phenoxy) is 3. The third-order valence-electron chi connectivity index (χ3n) is 1.92. The molecule has 0 bridgehead atoms. The normalized spacial score (nSPS) is 75.4. The van der Waals surface area contributed by atoms with Crippen molar-refractivity contribution in [3.8, 4) is 0 Å². The van der Waals surface area contributed by atoms with E-state index in [2.05, 4.69) is 4.74 Å². The Labute approximate surface area is 95.8 Å². The van der Waals surface area contributed by atoms with Crippen LogP contribution in [0.5, 0.6) is 0 Å². The molecule has 0 spiro atoms. The number of aliphatic hydroxyl groups is 3. The van der Waals surface area contributed by atoms with Crippen LogP contribution >= 0.6 is 0 Å². The lowest BCUT2D eigenvalue weighted by Gasteiger charge is -2.36. The molecule has 2 fully saturated rings.